The van der Waals surface area contributed by atoms with Crippen molar-refractivity contribution in [1.82, 2.24) is 4.72 Å². The topological polar surface area (TPSA) is 55.4 Å². The quantitative estimate of drug-likeness (QED) is 0.780. The summed E-state index contributed by atoms with van der Waals surface area (Å²) < 4.78 is 32.9. The van der Waals surface area contributed by atoms with Crippen molar-refractivity contribution in [3.8, 4) is 5.75 Å². The van der Waals surface area contributed by atoms with Crippen LogP contribution >= 0.6 is 0 Å². The third-order valence-corrected chi connectivity index (χ3v) is 5.64. The van der Waals surface area contributed by atoms with Gasteiger partial charge in [-0.15, -0.1) is 0 Å². The van der Waals surface area contributed by atoms with Gasteiger partial charge in [0.05, 0.1) is 12.0 Å². The first-order chi connectivity index (χ1) is 11.3. The monoisotopic (exact) mass is 347 g/mol. The van der Waals surface area contributed by atoms with Crippen LogP contribution in [0.4, 0.5) is 0 Å². The van der Waals surface area contributed by atoms with E-state index in [1.165, 1.54) is 11.1 Å². The van der Waals surface area contributed by atoms with Crippen LogP contribution in [0, 0.1) is 20.8 Å². The molecule has 0 aromatic heterocycles. The van der Waals surface area contributed by atoms with E-state index in [4.69, 9.17) is 4.74 Å². The molecule has 5 heteroatoms. The highest BCUT2D eigenvalue weighted by Crippen LogP contribution is 2.25. The van der Waals surface area contributed by atoms with Gasteiger partial charge < -0.3 is 4.74 Å². The maximum Gasteiger partial charge on any atom is 0.240 e. The minimum atomic E-state index is -3.51. The molecule has 24 heavy (non-hydrogen) atoms. The fraction of sp³-hybridized carbons (Fsp3) is 0.368. The van der Waals surface area contributed by atoms with Crippen molar-refractivity contribution in [2.24, 2.45) is 0 Å². The maximum atomic E-state index is 12.5. The predicted octanol–water partition coefficient (Wildman–Crippen LogP) is 3.53. The number of nitrogens with one attached hydrogen (secondary N) is 1. The first kappa shape index (κ1) is 18.5. The van der Waals surface area contributed by atoms with Crippen LogP contribution in [0.25, 0.3) is 0 Å². The summed E-state index contributed by atoms with van der Waals surface area (Å²) in [5, 5.41) is 0. The summed E-state index contributed by atoms with van der Waals surface area (Å²) in [5.74, 6) is 0.700. The van der Waals surface area contributed by atoms with E-state index in [0.717, 1.165) is 18.4 Å². The van der Waals surface area contributed by atoms with Gasteiger partial charge in [0.1, 0.15) is 5.75 Å². The standard InChI is InChI=1S/C19H25NO3S/c1-14-7-9-17(10-8-14)6-5-11-20-24(21,22)19-13-15(2)18(23-4)12-16(19)3/h7-10,12-13,20H,5-6,11H2,1-4H3. The number of hydrogen-bond donors (Lipinski definition) is 1. The second-order valence-electron chi connectivity index (χ2n) is 6.07. The van der Waals surface area contributed by atoms with Gasteiger partial charge in [-0.3, -0.25) is 0 Å². The molecule has 130 valence electrons. The molecular formula is C19H25NO3S. The highest BCUT2D eigenvalue weighted by molar-refractivity contribution is 7.89. The number of ether oxygens (including phenoxy) is 1. The molecule has 0 saturated carbocycles. The average molecular weight is 347 g/mol. The number of sulfonamides is 1. The van der Waals surface area contributed by atoms with Gasteiger partial charge in [0.15, 0.2) is 0 Å². The van der Waals surface area contributed by atoms with E-state index in [1.807, 2.05) is 6.92 Å². The SMILES string of the molecule is COc1cc(C)c(S(=O)(=O)NCCCc2ccc(C)cc2)cc1C. The molecule has 0 spiro atoms. The summed E-state index contributed by atoms with van der Waals surface area (Å²) in [5.41, 5.74) is 3.94. The average Bonchev–Trinajstić information content (AvgIpc) is 2.55. The lowest BCUT2D eigenvalue weighted by atomic mass is 10.1. The summed E-state index contributed by atoms with van der Waals surface area (Å²) in [4.78, 5) is 0.316. The number of hydrogen-bond acceptors (Lipinski definition) is 3. The normalized spacial score (nSPS) is 11.5. The summed E-state index contributed by atoms with van der Waals surface area (Å²) >= 11 is 0. The molecule has 0 saturated heterocycles. The fourth-order valence-electron chi connectivity index (χ4n) is 2.60. The summed E-state index contributed by atoms with van der Waals surface area (Å²) in [6.45, 7) is 6.09. The summed E-state index contributed by atoms with van der Waals surface area (Å²) in [7, 11) is -1.92. The summed E-state index contributed by atoms with van der Waals surface area (Å²) in [6.07, 6.45) is 1.61. The van der Waals surface area contributed by atoms with E-state index in [9.17, 15) is 8.42 Å². The Balaban J connectivity index is 1.98. The van der Waals surface area contributed by atoms with Gasteiger partial charge in [-0.1, -0.05) is 29.8 Å². The minimum Gasteiger partial charge on any atom is -0.496 e. The Hall–Kier alpha value is -1.85. The second kappa shape index (κ2) is 7.81. The smallest absolute Gasteiger partial charge is 0.240 e. The van der Waals surface area contributed by atoms with Crippen molar-refractivity contribution >= 4 is 10.0 Å². The van der Waals surface area contributed by atoms with Crippen molar-refractivity contribution < 1.29 is 13.2 Å². The van der Waals surface area contributed by atoms with Crippen LogP contribution in [-0.4, -0.2) is 22.1 Å². The maximum absolute atomic E-state index is 12.5. The predicted molar refractivity (Wildman–Crippen MR) is 97.2 cm³/mol. The first-order valence-electron chi connectivity index (χ1n) is 8.04. The number of methoxy groups -OCH3 is 1. The number of aryl methyl sites for hydroxylation is 4. The van der Waals surface area contributed by atoms with Crippen LogP contribution in [0.5, 0.6) is 5.75 Å². The van der Waals surface area contributed by atoms with Gasteiger partial charge in [-0.25, -0.2) is 13.1 Å². The van der Waals surface area contributed by atoms with Gasteiger partial charge in [-0.2, -0.15) is 0 Å². The zero-order valence-corrected chi connectivity index (χ0v) is 15.5. The van der Waals surface area contributed by atoms with Crippen molar-refractivity contribution in [2.75, 3.05) is 13.7 Å². The third kappa shape index (κ3) is 4.58. The van der Waals surface area contributed by atoms with Crippen molar-refractivity contribution in [1.29, 1.82) is 0 Å². The van der Waals surface area contributed by atoms with Crippen LogP contribution in [0.3, 0.4) is 0 Å². The van der Waals surface area contributed by atoms with E-state index >= 15 is 0 Å². The Labute approximate surface area is 144 Å². The zero-order chi connectivity index (χ0) is 17.7. The molecule has 2 rings (SSSR count). The van der Waals surface area contributed by atoms with Gasteiger partial charge in [-0.05, 0) is 62.4 Å². The second-order valence-corrected chi connectivity index (χ2v) is 7.81. The molecule has 0 aliphatic carbocycles. The Morgan fingerprint density at radius 1 is 1.00 bits per heavy atom. The van der Waals surface area contributed by atoms with E-state index in [1.54, 1.807) is 26.2 Å². The van der Waals surface area contributed by atoms with Crippen LogP contribution < -0.4 is 9.46 Å². The Morgan fingerprint density at radius 3 is 2.29 bits per heavy atom. The van der Waals surface area contributed by atoms with Crippen molar-refractivity contribution in [2.45, 2.75) is 38.5 Å². The van der Waals surface area contributed by atoms with Gasteiger partial charge >= 0.3 is 0 Å². The number of rotatable bonds is 7. The Bertz CT molecular complexity index is 796. The van der Waals surface area contributed by atoms with E-state index in [0.29, 0.717) is 22.8 Å². The van der Waals surface area contributed by atoms with Gasteiger partial charge in [0, 0.05) is 6.54 Å². The fourth-order valence-corrected chi connectivity index (χ4v) is 3.99. The lowest BCUT2D eigenvalue weighted by Gasteiger charge is -2.13. The van der Waals surface area contributed by atoms with E-state index < -0.39 is 10.0 Å². The number of benzene rings is 2. The van der Waals surface area contributed by atoms with E-state index in [2.05, 4.69) is 35.9 Å². The molecule has 0 aliphatic rings. The van der Waals surface area contributed by atoms with Crippen LogP contribution in [0.1, 0.15) is 28.7 Å². The zero-order valence-electron chi connectivity index (χ0n) is 14.7. The molecule has 2 aromatic carbocycles. The lowest BCUT2D eigenvalue weighted by molar-refractivity contribution is 0.411. The highest BCUT2D eigenvalue weighted by atomic mass is 32.2. The molecule has 0 heterocycles. The van der Waals surface area contributed by atoms with E-state index in [-0.39, 0.29) is 0 Å². The minimum absolute atomic E-state index is 0.316. The Morgan fingerprint density at radius 2 is 1.67 bits per heavy atom. The largest absolute Gasteiger partial charge is 0.496 e. The molecule has 2 aromatic rings. The lowest BCUT2D eigenvalue weighted by Crippen LogP contribution is -2.26. The molecule has 0 amide bonds. The first-order valence-corrected chi connectivity index (χ1v) is 9.52. The molecule has 0 fully saturated rings. The van der Waals surface area contributed by atoms with Gasteiger partial charge in [0.25, 0.3) is 0 Å². The van der Waals surface area contributed by atoms with Crippen molar-refractivity contribution in [3.63, 3.8) is 0 Å². The third-order valence-electron chi connectivity index (χ3n) is 4.04. The highest BCUT2D eigenvalue weighted by Gasteiger charge is 2.18. The van der Waals surface area contributed by atoms with Gasteiger partial charge in [0.2, 0.25) is 10.0 Å². The molecule has 1 N–H and O–H groups in total. The molecule has 0 atom stereocenters. The molecule has 4 nitrogen and oxygen atoms in total. The molecule has 0 radical (unpaired) electrons. The van der Waals surface area contributed by atoms with Crippen molar-refractivity contribution in [3.05, 3.63) is 58.7 Å². The van der Waals surface area contributed by atoms with Crippen LogP contribution in [0.15, 0.2) is 41.3 Å². The molecule has 0 aliphatic heterocycles. The van der Waals surface area contributed by atoms with Crippen LogP contribution in [0.2, 0.25) is 0 Å². The van der Waals surface area contributed by atoms with Crippen LogP contribution in [-0.2, 0) is 16.4 Å². The molecule has 0 bridgehead atoms. The molecular weight excluding hydrogens is 322 g/mol. The summed E-state index contributed by atoms with van der Waals surface area (Å²) in [6, 6.07) is 11.7. The Kier molecular flexibility index (Phi) is 6.02. The molecule has 0 unspecified atom stereocenters.